The smallest absolute Gasteiger partial charge is 0.123 e. The van der Waals surface area contributed by atoms with Crippen molar-refractivity contribution in [2.75, 3.05) is 13.1 Å². The SMILES string of the molecule is c1c[nH]c(C2CCCN2CC2CC2)n1. The van der Waals surface area contributed by atoms with E-state index >= 15 is 0 Å². The minimum absolute atomic E-state index is 0.575. The minimum atomic E-state index is 0.575. The van der Waals surface area contributed by atoms with Crippen molar-refractivity contribution in [1.29, 1.82) is 0 Å². The van der Waals surface area contributed by atoms with Crippen molar-refractivity contribution in [2.45, 2.75) is 31.7 Å². The molecule has 3 nitrogen and oxygen atoms in total. The lowest BCUT2D eigenvalue weighted by atomic mass is 10.2. The zero-order chi connectivity index (χ0) is 9.38. The van der Waals surface area contributed by atoms with Crippen LogP contribution in [0.25, 0.3) is 0 Å². The van der Waals surface area contributed by atoms with Crippen LogP contribution in [0, 0.1) is 5.92 Å². The van der Waals surface area contributed by atoms with Crippen LogP contribution in [-0.2, 0) is 0 Å². The summed E-state index contributed by atoms with van der Waals surface area (Å²) in [6.07, 6.45) is 9.30. The van der Waals surface area contributed by atoms with Crippen molar-refractivity contribution in [2.24, 2.45) is 5.92 Å². The molecule has 1 saturated heterocycles. The van der Waals surface area contributed by atoms with Crippen molar-refractivity contribution in [1.82, 2.24) is 14.9 Å². The van der Waals surface area contributed by atoms with E-state index in [2.05, 4.69) is 14.9 Å². The molecule has 2 heterocycles. The normalized spacial score (nSPS) is 28.4. The van der Waals surface area contributed by atoms with Crippen molar-refractivity contribution < 1.29 is 0 Å². The lowest BCUT2D eigenvalue weighted by molar-refractivity contribution is 0.239. The molecule has 1 unspecified atom stereocenters. The van der Waals surface area contributed by atoms with Gasteiger partial charge in [0, 0.05) is 18.9 Å². The molecule has 1 aromatic heterocycles. The van der Waals surface area contributed by atoms with E-state index in [4.69, 9.17) is 0 Å². The number of nitrogens with zero attached hydrogens (tertiary/aromatic N) is 2. The van der Waals surface area contributed by atoms with Gasteiger partial charge in [-0.1, -0.05) is 0 Å². The van der Waals surface area contributed by atoms with E-state index in [-0.39, 0.29) is 0 Å². The summed E-state index contributed by atoms with van der Waals surface area (Å²) < 4.78 is 0. The van der Waals surface area contributed by atoms with E-state index < -0.39 is 0 Å². The lowest BCUT2D eigenvalue weighted by Gasteiger charge is -2.22. The van der Waals surface area contributed by atoms with Gasteiger partial charge in [0.2, 0.25) is 0 Å². The first-order valence-electron chi connectivity index (χ1n) is 5.67. The fraction of sp³-hybridized carbons (Fsp3) is 0.727. The molecule has 0 spiro atoms. The van der Waals surface area contributed by atoms with E-state index in [0.29, 0.717) is 6.04 Å². The maximum atomic E-state index is 4.38. The number of likely N-dealkylation sites (tertiary alicyclic amines) is 1. The Kier molecular flexibility index (Phi) is 2.05. The third-order valence-corrected chi connectivity index (χ3v) is 3.39. The predicted molar refractivity (Wildman–Crippen MR) is 54.9 cm³/mol. The molecule has 1 aromatic rings. The molecule has 3 heteroatoms. The van der Waals surface area contributed by atoms with Gasteiger partial charge in [0.25, 0.3) is 0 Å². The molecule has 1 saturated carbocycles. The molecule has 0 aromatic carbocycles. The predicted octanol–water partition coefficient (Wildman–Crippen LogP) is 1.96. The average Bonchev–Trinajstić information content (AvgIpc) is 2.68. The highest BCUT2D eigenvalue weighted by Gasteiger charge is 2.32. The van der Waals surface area contributed by atoms with Gasteiger partial charge in [-0.15, -0.1) is 0 Å². The van der Waals surface area contributed by atoms with Crippen molar-refractivity contribution in [3.05, 3.63) is 18.2 Å². The summed E-state index contributed by atoms with van der Waals surface area (Å²) in [7, 11) is 0. The molecule has 2 aliphatic rings. The van der Waals surface area contributed by atoms with Gasteiger partial charge < -0.3 is 4.98 Å². The highest BCUT2D eigenvalue weighted by atomic mass is 15.2. The molecule has 0 amide bonds. The fourth-order valence-electron chi connectivity index (χ4n) is 2.45. The summed E-state index contributed by atoms with van der Waals surface area (Å²) in [5.74, 6) is 2.16. The minimum Gasteiger partial charge on any atom is -0.347 e. The molecular formula is C11H17N3. The number of hydrogen-bond donors (Lipinski definition) is 1. The van der Waals surface area contributed by atoms with Crippen LogP contribution in [0.3, 0.4) is 0 Å². The van der Waals surface area contributed by atoms with E-state index in [1.807, 2.05) is 12.4 Å². The molecule has 1 atom stereocenters. The summed E-state index contributed by atoms with van der Waals surface area (Å²) in [6, 6.07) is 0.575. The molecule has 1 N–H and O–H groups in total. The molecule has 14 heavy (non-hydrogen) atoms. The first kappa shape index (κ1) is 8.48. The maximum absolute atomic E-state index is 4.38. The molecule has 76 valence electrons. The summed E-state index contributed by atoms with van der Waals surface area (Å²) in [5, 5.41) is 0. The molecule has 2 fully saturated rings. The quantitative estimate of drug-likeness (QED) is 0.792. The van der Waals surface area contributed by atoms with Crippen molar-refractivity contribution in [3.8, 4) is 0 Å². The van der Waals surface area contributed by atoms with E-state index in [9.17, 15) is 0 Å². The standard InChI is InChI=1S/C11H17N3/c1-2-10(11-12-5-6-13-11)14(7-1)8-9-3-4-9/h5-6,9-10H,1-4,7-8H2,(H,12,13). The van der Waals surface area contributed by atoms with Crippen LogP contribution in [0.4, 0.5) is 0 Å². The van der Waals surface area contributed by atoms with Gasteiger partial charge in [0.15, 0.2) is 0 Å². The molecule has 3 rings (SSSR count). The van der Waals surface area contributed by atoms with Crippen molar-refractivity contribution >= 4 is 0 Å². The zero-order valence-corrected chi connectivity index (χ0v) is 8.45. The molecule has 1 aliphatic carbocycles. The maximum Gasteiger partial charge on any atom is 0.123 e. The van der Waals surface area contributed by atoms with Crippen LogP contribution in [0.15, 0.2) is 12.4 Å². The lowest BCUT2D eigenvalue weighted by Crippen LogP contribution is -2.26. The molecule has 0 radical (unpaired) electrons. The first-order chi connectivity index (χ1) is 6.93. The summed E-state index contributed by atoms with van der Waals surface area (Å²) >= 11 is 0. The second-order valence-electron chi connectivity index (χ2n) is 4.57. The van der Waals surface area contributed by atoms with Crippen LogP contribution < -0.4 is 0 Å². The molecule has 1 aliphatic heterocycles. The monoisotopic (exact) mass is 191 g/mol. The number of imidazole rings is 1. The summed E-state index contributed by atoms with van der Waals surface area (Å²) in [6.45, 7) is 2.56. The Balaban J connectivity index is 1.71. The van der Waals surface area contributed by atoms with Gasteiger partial charge in [-0.3, -0.25) is 4.90 Å². The second-order valence-corrected chi connectivity index (χ2v) is 4.57. The Hall–Kier alpha value is -0.830. The topological polar surface area (TPSA) is 31.9 Å². The van der Waals surface area contributed by atoms with E-state index in [1.165, 1.54) is 44.6 Å². The first-order valence-corrected chi connectivity index (χ1v) is 5.67. The van der Waals surface area contributed by atoms with E-state index in [0.717, 1.165) is 5.92 Å². The second kappa shape index (κ2) is 3.39. The number of hydrogen-bond acceptors (Lipinski definition) is 2. The average molecular weight is 191 g/mol. The van der Waals surface area contributed by atoms with Crippen LogP contribution in [0.1, 0.15) is 37.5 Å². The molecular weight excluding hydrogens is 174 g/mol. The highest BCUT2D eigenvalue weighted by Crippen LogP contribution is 2.36. The Labute approximate surface area is 84.5 Å². The van der Waals surface area contributed by atoms with Gasteiger partial charge in [0.1, 0.15) is 5.82 Å². The van der Waals surface area contributed by atoms with Crippen molar-refractivity contribution in [3.63, 3.8) is 0 Å². The van der Waals surface area contributed by atoms with Gasteiger partial charge in [-0.05, 0) is 38.1 Å². The zero-order valence-electron chi connectivity index (χ0n) is 8.45. The number of aromatic amines is 1. The van der Waals surface area contributed by atoms with Crippen LogP contribution >= 0.6 is 0 Å². The van der Waals surface area contributed by atoms with Gasteiger partial charge >= 0.3 is 0 Å². The molecule has 0 bridgehead atoms. The fourth-order valence-corrected chi connectivity index (χ4v) is 2.45. The van der Waals surface area contributed by atoms with Gasteiger partial charge in [-0.25, -0.2) is 4.98 Å². The number of H-pyrrole nitrogens is 1. The Morgan fingerprint density at radius 1 is 1.43 bits per heavy atom. The van der Waals surface area contributed by atoms with Gasteiger partial charge in [0.05, 0.1) is 6.04 Å². The highest BCUT2D eigenvalue weighted by molar-refractivity contribution is 5.00. The number of aromatic nitrogens is 2. The number of rotatable bonds is 3. The Morgan fingerprint density at radius 3 is 3.07 bits per heavy atom. The van der Waals surface area contributed by atoms with Crippen LogP contribution in [0.2, 0.25) is 0 Å². The Bertz CT molecular complexity index is 289. The van der Waals surface area contributed by atoms with Crippen LogP contribution in [-0.4, -0.2) is 28.0 Å². The third kappa shape index (κ3) is 1.57. The summed E-state index contributed by atoms with van der Waals surface area (Å²) in [4.78, 5) is 10.2. The number of nitrogens with one attached hydrogen (secondary N) is 1. The van der Waals surface area contributed by atoms with E-state index in [1.54, 1.807) is 0 Å². The summed E-state index contributed by atoms with van der Waals surface area (Å²) in [5.41, 5.74) is 0. The largest absolute Gasteiger partial charge is 0.347 e. The third-order valence-electron chi connectivity index (χ3n) is 3.39. The van der Waals surface area contributed by atoms with Gasteiger partial charge in [-0.2, -0.15) is 0 Å². The Morgan fingerprint density at radius 2 is 2.36 bits per heavy atom. The van der Waals surface area contributed by atoms with Crippen LogP contribution in [0.5, 0.6) is 0 Å².